The van der Waals surface area contributed by atoms with Gasteiger partial charge in [-0.25, -0.2) is 9.78 Å². The average molecular weight is 252 g/mol. The second kappa shape index (κ2) is 4.75. The second-order valence-electron chi connectivity index (χ2n) is 3.75. The molecule has 5 nitrogen and oxygen atoms in total. The molecule has 0 N–H and O–H groups in total. The molecule has 0 aliphatic carbocycles. The molecule has 1 amide bonds. The summed E-state index contributed by atoms with van der Waals surface area (Å²) < 4.78 is 4.58. The van der Waals surface area contributed by atoms with Crippen molar-refractivity contribution in [3.05, 3.63) is 24.0 Å². The molecule has 1 aliphatic heterocycles. The predicted octanol–water partition coefficient (Wildman–Crippen LogP) is 0.903. The van der Waals surface area contributed by atoms with Crippen LogP contribution in [0.5, 0.6) is 0 Å². The van der Waals surface area contributed by atoms with Crippen LogP contribution in [-0.2, 0) is 9.53 Å². The van der Waals surface area contributed by atoms with Gasteiger partial charge in [-0.1, -0.05) is 0 Å². The number of esters is 1. The van der Waals surface area contributed by atoms with E-state index >= 15 is 0 Å². The Morgan fingerprint density at radius 3 is 3.00 bits per heavy atom. The Kier molecular flexibility index (Phi) is 3.33. The lowest BCUT2D eigenvalue weighted by atomic mass is 10.3. The molecule has 0 aromatic carbocycles. The Morgan fingerprint density at radius 1 is 1.65 bits per heavy atom. The maximum atomic E-state index is 11.7. The predicted molar refractivity (Wildman–Crippen MR) is 65.3 cm³/mol. The highest BCUT2D eigenvalue weighted by atomic mass is 32.1. The molecule has 1 aliphatic rings. The molecule has 1 saturated heterocycles. The maximum Gasteiger partial charge on any atom is 0.356 e. The lowest BCUT2D eigenvalue weighted by Crippen LogP contribution is -2.25. The number of carbonyl (C=O) groups is 2. The summed E-state index contributed by atoms with van der Waals surface area (Å²) in [5.41, 5.74) is 0.849. The van der Waals surface area contributed by atoms with Gasteiger partial charge in [-0.2, -0.15) is 12.6 Å². The first-order valence-corrected chi connectivity index (χ1v) is 5.66. The molecule has 2 heterocycles. The first-order chi connectivity index (χ1) is 8.11. The summed E-state index contributed by atoms with van der Waals surface area (Å²) in [6.45, 7) is 0.548. The van der Waals surface area contributed by atoms with Gasteiger partial charge in [-0.3, -0.25) is 4.79 Å². The van der Waals surface area contributed by atoms with Crippen LogP contribution in [0.25, 0.3) is 0 Å². The van der Waals surface area contributed by atoms with Crippen LogP contribution in [0.2, 0.25) is 0 Å². The van der Waals surface area contributed by atoms with E-state index in [4.69, 9.17) is 0 Å². The molecule has 1 aromatic heterocycles. The van der Waals surface area contributed by atoms with Gasteiger partial charge in [0.1, 0.15) is 5.69 Å². The molecular weight excluding hydrogens is 240 g/mol. The number of methoxy groups -OCH3 is 1. The minimum absolute atomic E-state index is 0.00650. The molecule has 90 valence electrons. The Bertz CT molecular complexity index is 464. The molecule has 0 spiro atoms. The molecule has 1 unspecified atom stereocenters. The number of hydrogen-bond acceptors (Lipinski definition) is 5. The van der Waals surface area contributed by atoms with Gasteiger partial charge in [0.2, 0.25) is 5.91 Å². The standard InChI is InChI=1S/C11H12N2O3S/c1-16-11(15)9-4-7(2-3-12-9)13-6-8(17)5-10(13)14/h2-4,8,17H,5-6H2,1H3. The third kappa shape index (κ3) is 2.41. The molecule has 0 radical (unpaired) electrons. The van der Waals surface area contributed by atoms with Gasteiger partial charge >= 0.3 is 5.97 Å². The van der Waals surface area contributed by atoms with Crippen LogP contribution in [0.1, 0.15) is 16.9 Å². The maximum absolute atomic E-state index is 11.7. The monoisotopic (exact) mass is 252 g/mol. The van der Waals surface area contributed by atoms with E-state index in [-0.39, 0.29) is 16.9 Å². The Labute approximate surface area is 104 Å². The van der Waals surface area contributed by atoms with Crippen LogP contribution in [0.4, 0.5) is 5.69 Å². The number of thiol groups is 1. The Morgan fingerprint density at radius 2 is 2.41 bits per heavy atom. The van der Waals surface area contributed by atoms with Crippen molar-refractivity contribution >= 4 is 30.2 Å². The number of anilines is 1. The Hall–Kier alpha value is -1.56. The summed E-state index contributed by atoms with van der Waals surface area (Å²) in [5, 5.41) is 0.0391. The summed E-state index contributed by atoms with van der Waals surface area (Å²) in [6.07, 6.45) is 1.90. The van der Waals surface area contributed by atoms with Crippen LogP contribution in [-0.4, -0.2) is 35.8 Å². The number of pyridine rings is 1. The fourth-order valence-electron chi connectivity index (χ4n) is 1.74. The van der Waals surface area contributed by atoms with E-state index < -0.39 is 5.97 Å². The zero-order chi connectivity index (χ0) is 12.4. The smallest absolute Gasteiger partial charge is 0.356 e. The normalized spacial score (nSPS) is 19.5. The van der Waals surface area contributed by atoms with Crippen molar-refractivity contribution in [1.29, 1.82) is 0 Å². The number of carbonyl (C=O) groups excluding carboxylic acids is 2. The minimum Gasteiger partial charge on any atom is -0.464 e. The minimum atomic E-state index is -0.513. The van der Waals surface area contributed by atoms with E-state index in [0.29, 0.717) is 18.7 Å². The van der Waals surface area contributed by atoms with Gasteiger partial charge in [-0.15, -0.1) is 0 Å². The second-order valence-corrected chi connectivity index (χ2v) is 4.48. The zero-order valence-corrected chi connectivity index (χ0v) is 10.2. The number of hydrogen-bond donors (Lipinski definition) is 1. The van der Waals surface area contributed by atoms with E-state index in [1.54, 1.807) is 17.0 Å². The van der Waals surface area contributed by atoms with Crippen LogP contribution >= 0.6 is 12.6 Å². The topological polar surface area (TPSA) is 59.5 Å². The molecule has 0 bridgehead atoms. The molecule has 6 heteroatoms. The van der Waals surface area contributed by atoms with Crippen molar-refractivity contribution in [3.63, 3.8) is 0 Å². The first kappa shape index (κ1) is 11.9. The van der Waals surface area contributed by atoms with Gasteiger partial charge in [0, 0.05) is 30.1 Å². The van der Waals surface area contributed by atoms with Gasteiger partial charge in [0.05, 0.1) is 7.11 Å². The first-order valence-electron chi connectivity index (χ1n) is 5.14. The van der Waals surface area contributed by atoms with Crippen molar-refractivity contribution in [1.82, 2.24) is 4.98 Å². The molecule has 17 heavy (non-hydrogen) atoms. The SMILES string of the molecule is COC(=O)c1cc(N2CC(S)CC2=O)ccn1. The van der Waals surface area contributed by atoms with Crippen molar-refractivity contribution in [2.45, 2.75) is 11.7 Å². The summed E-state index contributed by atoms with van der Waals surface area (Å²) in [5.74, 6) is -0.507. The van der Waals surface area contributed by atoms with Crippen molar-refractivity contribution < 1.29 is 14.3 Å². The largest absolute Gasteiger partial charge is 0.464 e. The van der Waals surface area contributed by atoms with Crippen LogP contribution < -0.4 is 4.90 Å². The van der Waals surface area contributed by atoms with E-state index in [2.05, 4.69) is 22.3 Å². The number of aromatic nitrogens is 1. The quantitative estimate of drug-likeness (QED) is 0.627. The lowest BCUT2D eigenvalue weighted by Gasteiger charge is -2.16. The van der Waals surface area contributed by atoms with Gasteiger partial charge in [0.25, 0.3) is 0 Å². The van der Waals surface area contributed by atoms with E-state index in [9.17, 15) is 9.59 Å². The zero-order valence-electron chi connectivity index (χ0n) is 9.29. The van der Waals surface area contributed by atoms with Gasteiger partial charge < -0.3 is 9.64 Å². The summed E-state index contributed by atoms with van der Waals surface area (Å²) in [6, 6.07) is 3.24. The summed E-state index contributed by atoms with van der Waals surface area (Å²) in [7, 11) is 1.29. The average Bonchev–Trinajstić information content (AvgIpc) is 2.67. The lowest BCUT2D eigenvalue weighted by molar-refractivity contribution is -0.117. The molecule has 1 fully saturated rings. The molecule has 2 rings (SSSR count). The fraction of sp³-hybridized carbons (Fsp3) is 0.364. The van der Waals surface area contributed by atoms with Crippen molar-refractivity contribution in [2.75, 3.05) is 18.6 Å². The fourth-order valence-corrected chi connectivity index (χ4v) is 2.06. The van der Waals surface area contributed by atoms with Crippen LogP contribution in [0, 0.1) is 0 Å². The molecule has 0 saturated carbocycles. The third-order valence-electron chi connectivity index (χ3n) is 2.55. The highest BCUT2D eigenvalue weighted by Crippen LogP contribution is 2.24. The Balaban J connectivity index is 2.27. The third-order valence-corrected chi connectivity index (χ3v) is 2.90. The number of rotatable bonds is 2. The van der Waals surface area contributed by atoms with Gasteiger partial charge in [0.15, 0.2) is 0 Å². The van der Waals surface area contributed by atoms with E-state index in [1.165, 1.54) is 13.3 Å². The highest BCUT2D eigenvalue weighted by molar-refractivity contribution is 7.81. The molecule has 1 aromatic rings. The van der Waals surface area contributed by atoms with Gasteiger partial charge in [-0.05, 0) is 12.1 Å². The van der Waals surface area contributed by atoms with Crippen molar-refractivity contribution in [3.8, 4) is 0 Å². The van der Waals surface area contributed by atoms with E-state index in [1.807, 2.05) is 0 Å². The highest BCUT2D eigenvalue weighted by Gasteiger charge is 2.28. The van der Waals surface area contributed by atoms with E-state index in [0.717, 1.165) is 0 Å². The van der Waals surface area contributed by atoms with Crippen LogP contribution in [0.15, 0.2) is 18.3 Å². The number of ether oxygens (including phenoxy) is 1. The van der Waals surface area contributed by atoms with Crippen molar-refractivity contribution in [2.24, 2.45) is 0 Å². The summed E-state index contributed by atoms with van der Waals surface area (Å²) >= 11 is 4.28. The molecule has 1 atom stereocenters. The number of nitrogens with zero attached hydrogens (tertiary/aromatic N) is 2. The summed E-state index contributed by atoms with van der Waals surface area (Å²) in [4.78, 5) is 28.5. The molecular formula is C11H12N2O3S. The van der Waals surface area contributed by atoms with Crippen LogP contribution in [0.3, 0.4) is 0 Å². The number of amides is 1.